The highest BCUT2D eigenvalue weighted by molar-refractivity contribution is 5.95. The van der Waals surface area contributed by atoms with Crippen LogP contribution >= 0.6 is 0 Å². The first-order valence-corrected chi connectivity index (χ1v) is 7.48. The van der Waals surface area contributed by atoms with E-state index in [1.807, 2.05) is 12.1 Å². The maximum Gasteiger partial charge on any atom is 0.188 e. The molecule has 1 aromatic heterocycles. The molecule has 0 spiro atoms. The van der Waals surface area contributed by atoms with Crippen LogP contribution in [0.5, 0.6) is 0 Å². The van der Waals surface area contributed by atoms with Crippen LogP contribution in [0.4, 0.5) is 5.82 Å². The van der Waals surface area contributed by atoms with Crippen LogP contribution in [-0.4, -0.2) is 29.1 Å². The molecule has 2 unspecified atom stereocenters. The number of anilines is 1. The van der Waals surface area contributed by atoms with E-state index in [0.717, 1.165) is 30.7 Å². The minimum Gasteiger partial charge on any atom is -0.409 e. The van der Waals surface area contributed by atoms with E-state index < -0.39 is 0 Å². The molecule has 5 heteroatoms. The normalized spacial score (nSPS) is 27.2. The van der Waals surface area contributed by atoms with E-state index >= 15 is 0 Å². The Morgan fingerprint density at radius 3 is 2.85 bits per heavy atom. The van der Waals surface area contributed by atoms with Crippen molar-refractivity contribution in [2.45, 2.75) is 32.1 Å². The van der Waals surface area contributed by atoms with Crippen LogP contribution in [0.15, 0.2) is 23.4 Å². The van der Waals surface area contributed by atoms with E-state index in [-0.39, 0.29) is 5.84 Å². The molecule has 2 atom stereocenters. The van der Waals surface area contributed by atoms with Crippen molar-refractivity contribution >= 4 is 11.7 Å². The number of hydrogen-bond acceptors (Lipinski definition) is 4. The standard InChI is InChI=1S/C15H22N4O/c16-15(18-20)13-6-3-7-14(17-13)19-9-8-11-4-1-2-5-12(11)10-19/h3,6-7,11-12,20H,1-2,4-5,8-10H2,(H2,16,18). The summed E-state index contributed by atoms with van der Waals surface area (Å²) in [5.41, 5.74) is 6.16. The van der Waals surface area contributed by atoms with Crippen molar-refractivity contribution in [2.24, 2.45) is 22.7 Å². The third-order valence-corrected chi connectivity index (χ3v) is 4.72. The lowest BCUT2D eigenvalue weighted by Gasteiger charge is -2.41. The number of aromatic nitrogens is 1. The summed E-state index contributed by atoms with van der Waals surface area (Å²) < 4.78 is 0. The molecule has 3 N–H and O–H groups in total. The second-order valence-corrected chi connectivity index (χ2v) is 5.91. The van der Waals surface area contributed by atoms with E-state index in [0.29, 0.717) is 5.69 Å². The van der Waals surface area contributed by atoms with Gasteiger partial charge in [-0.3, -0.25) is 0 Å². The third-order valence-electron chi connectivity index (χ3n) is 4.72. The molecule has 1 saturated carbocycles. The molecule has 0 amide bonds. The van der Waals surface area contributed by atoms with Crippen LogP contribution in [0.25, 0.3) is 0 Å². The number of oxime groups is 1. The molecular formula is C15H22N4O. The SMILES string of the molecule is NC(=NO)c1cccc(N2CCC3CCCCC3C2)n1. The van der Waals surface area contributed by atoms with Gasteiger partial charge in [-0.25, -0.2) is 4.98 Å². The number of nitrogens with two attached hydrogens (primary N) is 1. The van der Waals surface area contributed by atoms with E-state index in [9.17, 15) is 0 Å². The van der Waals surface area contributed by atoms with Crippen molar-refractivity contribution in [1.82, 2.24) is 4.98 Å². The molecule has 5 nitrogen and oxygen atoms in total. The molecule has 1 saturated heterocycles. The molecule has 108 valence electrons. The summed E-state index contributed by atoms with van der Waals surface area (Å²) >= 11 is 0. The monoisotopic (exact) mass is 274 g/mol. The Labute approximate surface area is 119 Å². The average molecular weight is 274 g/mol. The van der Waals surface area contributed by atoms with Crippen molar-refractivity contribution in [2.75, 3.05) is 18.0 Å². The molecule has 2 heterocycles. The summed E-state index contributed by atoms with van der Waals surface area (Å²) in [6, 6.07) is 5.70. The Balaban J connectivity index is 1.76. The molecule has 2 aliphatic rings. The minimum atomic E-state index is 0.0689. The van der Waals surface area contributed by atoms with Crippen LogP contribution < -0.4 is 10.6 Å². The van der Waals surface area contributed by atoms with E-state index in [2.05, 4.69) is 15.0 Å². The first-order valence-electron chi connectivity index (χ1n) is 7.48. The fourth-order valence-electron chi connectivity index (χ4n) is 3.60. The second-order valence-electron chi connectivity index (χ2n) is 5.91. The maximum atomic E-state index is 8.75. The predicted octanol–water partition coefficient (Wildman–Crippen LogP) is 2.19. The number of fused-ring (bicyclic) bond motifs is 1. The Bertz CT molecular complexity index is 502. The van der Waals surface area contributed by atoms with Crippen LogP contribution in [0, 0.1) is 11.8 Å². The maximum absolute atomic E-state index is 8.75. The Kier molecular flexibility index (Phi) is 3.76. The van der Waals surface area contributed by atoms with Crippen molar-refractivity contribution in [3.8, 4) is 0 Å². The third kappa shape index (κ3) is 2.57. The zero-order chi connectivity index (χ0) is 13.9. The Morgan fingerprint density at radius 2 is 2.05 bits per heavy atom. The highest BCUT2D eigenvalue weighted by Gasteiger charge is 2.31. The van der Waals surface area contributed by atoms with Crippen molar-refractivity contribution in [3.05, 3.63) is 23.9 Å². The van der Waals surface area contributed by atoms with Crippen LogP contribution in [0.3, 0.4) is 0 Å². The minimum absolute atomic E-state index is 0.0689. The van der Waals surface area contributed by atoms with E-state index in [4.69, 9.17) is 10.9 Å². The molecule has 1 aliphatic carbocycles. The molecule has 2 fully saturated rings. The highest BCUT2D eigenvalue weighted by Crippen LogP contribution is 2.37. The lowest BCUT2D eigenvalue weighted by molar-refractivity contribution is 0.202. The number of hydrogen-bond donors (Lipinski definition) is 2. The van der Waals surface area contributed by atoms with Gasteiger partial charge in [-0.05, 0) is 36.8 Å². The van der Waals surface area contributed by atoms with Gasteiger partial charge in [-0.15, -0.1) is 0 Å². The fraction of sp³-hybridized carbons (Fsp3) is 0.600. The molecule has 3 rings (SSSR count). The summed E-state index contributed by atoms with van der Waals surface area (Å²) in [6.45, 7) is 2.16. The number of nitrogens with zero attached hydrogens (tertiary/aromatic N) is 3. The fourth-order valence-corrected chi connectivity index (χ4v) is 3.60. The predicted molar refractivity (Wildman–Crippen MR) is 79.0 cm³/mol. The van der Waals surface area contributed by atoms with Gasteiger partial charge in [0.2, 0.25) is 0 Å². The summed E-state index contributed by atoms with van der Waals surface area (Å²) in [5.74, 6) is 2.73. The summed E-state index contributed by atoms with van der Waals surface area (Å²) in [4.78, 5) is 6.86. The van der Waals surface area contributed by atoms with Gasteiger partial charge >= 0.3 is 0 Å². The van der Waals surface area contributed by atoms with Crippen LogP contribution in [-0.2, 0) is 0 Å². The van der Waals surface area contributed by atoms with Crippen molar-refractivity contribution < 1.29 is 5.21 Å². The van der Waals surface area contributed by atoms with Gasteiger partial charge < -0.3 is 15.8 Å². The second kappa shape index (κ2) is 5.69. The summed E-state index contributed by atoms with van der Waals surface area (Å²) in [5, 5.41) is 11.8. The molecule has 1 aliphatic heterocycles. The van der Waals surface area contributed by atoms with Gasteiger partial charge in [0.15, 0.2) is 5.84 Å². The Hall–Kier alpha value is -1.78. The van der Waals surface area contributed by atoms with Gasteiger partial charge in [0.25, 0.3) is 0 Å². The van der Waals surface area contributed by atoms with Crippen LogP contribution in [0.2, 0.25) is 0 Å². The highest BCUT2D eigenvalue weighted by atomic mass is 16.4. The molecule has 0 radical (unpaired) electrons. The first kappa shape index (κ1) is 13.2. The molecule has 20 heavy (non-hydrogen) atoms. The van der Waals surface area contributed by atoms with Gasteiger partial charge in [-0.1, -0.05) is 30.5 Å². The van der Waals surface area contributed by atoms with Crippen molar-refractivity contribution in [1.29, 1.82) is 0 Å². The number of amidine groups is 1. The lowest BCUT2D eigenvalue weighted by Crippen LogP contribution is -2.42. The zero-order valence-electron chi connectivity index (χ0n) is 11.7. The van der Waals surface area contributed by atoms with E-state index in [1.54, 1.807) is 6.07 Å². The Morgan fingerprint density at radius 1 is 1.25 bits per heavy atom. The molecule has 0 bridgehead atoms. The number of piperidine rings is 1. The topological polar surface area (TPSA) is 74.7 Å². The van der Waals surface area contributed by atoms with Gasteiger partial charge in [-0.2, -0.15) is 0 Å². The smallest absolute Gasteiger partial charge is 0.188 e. The van der Waals surface area contributed by atoms with Gasteiger partial charge in [0, 0.05) is 13.1 Å². The molecule has 1 aromatic rings. The van der Waals surface area contributed by atoms with Gasteiger partial charge in [0.1, 0.15) is 11.5 Å². The molecule has 0 aromatic carbocycles. The van der Waals surface area contributed by atoms with Crippen LogP contribution in [0.1, 0.15) is 37.8 Å². The number of pyridine rings is 1. The van der Waals surface area contributed by atoms with Gasteiger partial charge in [0.05, 0.1) is 0 Å². The largest absolute Gasteiger partial charge is 0.409 e. The lowest BCUT2D eigenvalue weighted by atomic mass is 9.75. The quantitative estimate of drug-likeness (QED) is 0.375. The molecular weight excluding hydrogens is 252 g/mol. The zero-order valence-corrected chi connectivity index (χ0v) is 11.7. The average Bonchev–Trinajstić information content (AvgIpc) is 2.53. The van der Waals surface area contributed by atoms with Crippen molar-refractivity contribution in [3.63, 3.8) is 0 Å². The van der Waals surface area contributed by atoms with E-state index in [1.165, 1.54) is 32.1 Å². The number of rotatable bonds is 2. The summed E-state index contributed by atoms with van der Waals surface area (Å²) in [7, 11) is 0. The summed E-state index contributed by atoms with van der Waals surface area (Å²) in [6.07, 6.45) is 6.78. The first-order chi connectivity index (χ1) is 9.78.